The maximum absolute atomic E-state index is 12.8. The Hall–Kier alpha value is -3.55. The van der Waals surface area contributed by atoms with E-state index in [0.717, 1.165) is 0 Å². The van der Waals surface area contributed by atoms with E-state index in [1.807, 2.05) is 0 Å². The number of amides is 1. The number of nitrogen functional groups attached to an aromatic ring is 1. The summed E-state index contributed by atoms with van der Waals surface area (Å²) in [5.41, 5.74) is 7.71. The number of esters is 2. The molecule has 27 heavy (non-hydrogen) atoms. The van der Waals surface area contributed by atoms with Crippen LogP contribution in [0.15, 0.2) is 36.4 Å². The van der Waals surface area contributed by atoms with Gasteiger partial charge < -0.3 is 25.4 Å². The van der Waals surface area contributed by atoms with E-state index in [4.69, 9.17) is 5.73 Å². The van der Waals surface area contributed by atoms with Crippen LogP contribution in [0.5, 0.6) is 0 Å². The molecule has 0 unspecified atom stereocenters. The summed E-state index contributed by atoms with van der Waals surface area (Å²) in [5, 5.41) is 2.68. The first-order chi connectivity index (χ1) is 12.8. The van der Waals surface area contributed by atoms with Crippen molar-refractivity contribution in [1.82, 2.24) is 0 Å². The minimum atomic E-state index is -0.644. The zero-order chi connectivity index (χ0) is 20.1. The van der Waals surface area contributed by atoms with Crippen LogP contribution in [0.4, 0.5) is 17.1 Å². The maximum atomic E-state index is 12.8. The number of ether oxygens (including phenoxy) is 2. The molecule has 3 N–H and O–H groups in total. The number of hydrogen-bond donors (Lipinski definition) is 2. The lowest BCUT2D eigenvalue weighted by Gasteiger charge is -2.18. The molecule has 0 aliphatic carbocycles. The third kappa shape index (κ3) is 4.55. The van der Waals surface area contributed by atoms with Gasteiger partial charge in [-0.05, 0) is 36.4 Å². The van der Waals surface area contributed by atoms with Crippen molar-refractivity contribution in [3.8, 4) is 0 Å². The minimum absolute atomic E-state index is 0.108. The van der Waals surface area contributed by atoms with Crippen LogP contribution < -0.4 is 16.0 Å². The van der Waals surface area contributed by atoms with Gasteiger partial charge in [0.2, 0.25) is 0 Å². The Morgan fingerprint density at radius 2 is 1.48 bits per heavy atom. The molecular weight excluding hydrogens is 350 g/mol. The van der Waals surface area contributed by atoms with Crippen LogP contribution >= 0.6 is 0 Å². The van der Waals surface area contributed by atoms with Gasteiger partial charge in [-0.2, -0.15) is 0 Å². The molecule has 2 aromatic carbocycles. The van der Waals surface area contributed by atoms with Crippen molar-refractivity contribution in [2.24, 2.45) is 0 Å². The smallest absolute Gasteiger partial charge is 0.337 e. The van der Waals surface area contributed by atoms with Gasteiger partial charge in [0.1, 0.15) is 0 Å². The fourth-order valence-electron chi connectivity index (χ4n) is 2.50. The van der Waals surface area contributed by atoms with Crippen LogP contribution in [-0.2, 0) is 9.47 Å². The Bertz CT molecular complexity index is 859. The number of nitrogens with one attached hydrogen (secondary N) is 1. The lowest BCUT2D eigenvalue weighted by Crippen LogP contribution is -2.19. The predicted octanol–water partition coefficient (Wildman–Crippen LogP) is 2.16. The number of carbonyl (C=O) groups excluding carboxylic acids is 3. The van der Waals surface area contributed by atoms with Crippen LogP contribution in [0.25, 0.3) is 0 Å². The van der Waals surface area contributed by atoms with Gasteiger partial charge in [-0.25, -0.2) is 9.59 Å². The summed E-state index contributed by atoms with van der Waals surface area (Å²) in [6.45, 7) is 0. The van der Waals surface area contributed by atoms with E-state index in [0.29, 0.717) is 16.9 Å². The molecule has 0 aliphatic heterocycles. The highest BCUT2D eigenvalue weighted by Crippen LogP contribution is 2.24. The molecule has 0 atom stereocenters. The standard InChI is InChI=1S/C19H21N3O5/c1-22(2)16-6-5-13(20)10-15(16)17(23)21-14-8-11(18(24)26-3)7-12(9-14)19(25)27-4/h5-10H,20H2,1-4H3,(H,21,23). The second-order valence-electron chi connectivity index (χ2n) is 5.91. The molecule has 0 saturated heterocycles. The third-order valence-electron chi connectivity index (χ3n) is 3.78. The van der Waals surface area contributed by atoms with E-state index in [2.05, 4.69) is 14.8 Å². The molecule has 8 nitrogen and oxygen atoms in total. The number of nitrogens with zero attached hydrogens (tertiary/aromatic N) is 1. The summed E-state index contributed by atoms with van der Waals surface area (Å²) in [6, 6.07) is 9.14. The van der Waals surface area contributed by atoms with E-state index < -0.39 is 17.8 Å². The molecule has 0 spiro atoms. The zero-order valence-electron chi connectivity index (χ0n) is 15.5. The largest absolute Gasteiger partial charge is 0.465 e. The van der Waals surface area contributed by atoms with Crippen molar-refractivity contribution < 1.29 is 23.9 Å². The van der Waals surface area contributed by atoms with E-state index in [1.165, 1.54) is 32.4 Å². The second-order valence-corrected chi connectivity index (χ2v) is 5.91. The van der Waals surface area contributed by atoms with Crippen LogP contribution in [-0.4, -0.2) is 46.2 Å². The molecule has 0 aliphatic rings. The van der Waals surface area contributed by atoms with Gasteiger partial charge >= 0.3 is 11.9 Å². The summed E-state index contributed by atoms with van der Waals surface area (Å²) in [5.74, 6) is -1.73. The number of carbonyl (C=O) groups is 3. The van der Waals surface area contributed by atoms with Crippen LogP contribution in [0.3, 0.4) is 0 Å². The van der Waals surface area contributed by atoms with Gasteiger partial charge in [-0.3, -0.25) is 4.79 Å². The Morgan fingerprint density at radius 1 is 0.926 bits per heavy atom. The van der Waals surface area contributed by atoms with Gasteiger partial charge in [0.25, 0.3) is 5.91 Å². The number of nitrogens with two attached hydrogens (primary N) is 1. The van der Waals surface area contributed by atoms with Gasteiger partial charge in [0.05, 0.1) is 30.9 Å². The van der Waals surface area contributed by atoms with E-state index >= 15 is 0 Å². The van der Waals surface area contributed by atoms with Crippen LogP contribution in [0, 0.1) is 0 Å². The Balaban J connectivity index is 2.44. The number of anilines is 3. The van der Waals surface area contributed by atoms with Gasteiger partial charge in [0, 0.05) is 31.2 Å². The number of methoxy groups -OCH3 is 2. The highest BCUT2D eigenvalue weighted by atomic mass is 16.5. The van der Waals surface area contributed by atoms with Crippen molar-refractivity contribution >= 4 is 34.9 Å². The lowest BCUT2D eigenvalue weighted by molar-refractivity contribution is 0.0599. The summed E-state index contributed by atoms with van der Waals surface area (Å²) in [7, 11) is 6.05. The maximum Gasteiger partial charge on any atom is 0.337 e. The first-order valence-electron chi connectivity index (χ1n) is 7.96. The fourth-order valence-corrected chi connectivity index (χ4v) is 2.50. The third-order valence-corrected chi connectivity index (χ3v) is 3.78. The molecule has 0 aromatic heterocycles. The molecule has 0 saturated carbocycles. The van der Waals surface area contributed by atoms with Crippen molar-refractivity contribution in [3.63, 3.8) is 0 Å². The summed E-state index contributed by atoms with van der Waals surface area (Å²) in [6.07, 6.45) is 0. The molecule has 1 amide bonds. The normalized spacial score (nSPS) is 10.1. The Labute approximate surface area is 156 Å². The molecule has 0 bridgehead atoms. The average Bonchev–Trinajstić information content (AvgIpc) is 2.65. The highest BCUT2D eigenvalue weighted by molar-refractivity contribution is 6.09. The summed E-state index contributed by atoms with van der Waals surface area (Å²) < 4.78 is 9.38. The van der Waals surface area contributed by atoms with Gasteiger partial charge in [-0.1, -0.05) is 0 Å². The molecule has 0 fully saturated rings. The average molecular weight is 371 g/mol. The Morgan fingerprint density at radius 3 is 1.96 bits per heavy atom. The number of hydrogen-bond acceptors (Lipinski definition) is 7. The molecule has 142 valence electrons. The van der Waals surface area contributed by atoms with Crippen molar-refractivity contribution in [1.29, 1.82) is 0 Å². The fraction of sp³-hybridized carbons (Fsp3) is 0.211. The molecule has 2 rings (SSSR count). The second kappa shape index (κ2) is 8.22. The first-order valence-corrected chi connectivity index (χ1v) is 7.96. The van der Waals surface area contributed by atoms with Crippen molar-refractivity contribution in [3.05, 3.63) is 53.1 Å². The Kier molecular flexibility index (Phi) is 6.02. The quantitative estimate of drug-likeness (QED) is 0.612. The van der Waals surface area contributed by atoms with Crippen molar-refractivity contribution in [2.45, 2.75) is 0 Å². The highest BCUT2D eigenvalue weighted by Gasteiger charge is 2.17. The monoisotopic (exact) mass is 371 g/mol. The summed E-state index contributed by atoms with van der Waals surface area (Å²) in [4.78, 5) is 38.3. The predicted molar refractivity (Wildman–Crippen MR) is 102 cm³/mol. The molecule has 8 heteroatoms. The number of benzene rings is 2. The topological polar surface area (TPSA) is 111 Å². The van der Waals surface area contributed by atoms with Crippen LogP contribution in [0.2, 0.25) is 0 Å². The lowest BCUT2D eigenvalue weighted by atomic mass is 10.1. The first kappa shape index (κ1) is 19.8. The van der Waals surface area contributed by atoms with E-state index in [9.17, 15) is 14.4 Å². The number of rotatable bonds is 5. The zero-order valence-corrected chi connectivity index (χ0v) is 15.5. The molecule has 2 aromatic rings. The van der Waals surface area contributed by atoms with E-state index in [1.54, 1.807) is 37.2 Å². The van der Waals surface area contributed by atoms with Crippen LogP contribution in [0.1, 0.15) is 31.1 Å². The minimum Gasteiger partial charge on any atom is -0.465 e. The van der Waals surface area contributed by atoms with Gasteiger partial charge in [0.15, 0.2) is 0 Å². The van der Waals surface area contributed by atoms with E-state index in [-0.39, 0.29) is 16.8 Å². The van der Waals surface area contributed by atoms with Gasteiger partial charge in [-0.15, -0.1) is 0 Å². The van der Waals surface area contributed by atoms with Crippen molar-refractivity contribution in [2.75, 3.05) is 44.3 Å². The molecule has 0 radical (unpaired) electrons. The summed E-state index contributed by atoms with van der Waals surface area (Å²) >= 11 is 0. The molecule has 0 heterocycles. The molecular formula is C19H21N3O5. The SMILES string of the molecule is COC(=O)c1cc(NC(=O)c2cc(N)ccc2N(C)C)cc(C(=O)OC)c1.